The zero-order chi connectivity index (χ0) is 55.8. The first-order chi connectivity index (χ1) is 37.2. The number of carbonyl (C=O) groups is 7. The molecule has 78 heavy (non-hydrogen) atoms. The number of amides is 7. The normalized spacial score (nSPS) is 28.8. The second kappa shape index (κ2) is 25.2. The Morgan fingerprint density at radius 2 is 0.808 bits per heavy atom. The van der Waals surface area contributed by atoms with Gasteiger partial charge in [0.1, 0.15) is 6.61 Å². The van der Waals surface area contributed by atoms with E-state index in [-0.39, 0.29) is 60.7 Å². The van der Waals surface area contributed by atoms with Crippen LogP contribution >= 0.6 is 0 Å². The lowest BCUT2D eigenvalue weighted by molar-refractivity contribution is -0.160. The minimum absolute atomic E-state index is 0.00617. The van der Waals surface area contributed by atoms with Gasteiger partial charge in [0.05, 0.1) is 30.5 Å². The van der Waals surface area contributed by atoms with Gasteiger partial charge < -0.3 is 39.5 Å². The lowest BCUT2D eigenvalue weighted by Crippen LogP contribution is -2.59. The van der Waals surface area contributed by atoms with Crippen molar-refractivity contribution in [2.45, 2.75) is 83.7 Å². The minimum atomic E-state index is -3.63. The van der Waals surface area contributed by atoms with Crippen LogP contribution in [0.5, 0.6) is 0 Å². The predicted molar refractivity (Wildman–Crippen MR) is 290 cm³/mol. The van der Waals surface area contributed by atoms with Gasteiger partial charge in [0.15, 0.2) is 0 Å². The summed E-state index contributed by atoms with van der Waals surface area (Å²) in [5.74, 6) is 4.12. The molecule has 8 saturated carbocycles. The van der Waals surface area contributed by atoms with Crippen molar-refractivity contribution in [1.29, 1.82) is 0 Å². The largest absolute Gasteiger partial charge is 0.445 e. The Labute approximate surface area is 459 Å². The molecule has 12 rings (SSSR count). The molecule has 1 aromatic carbocycles. The summed E-state index contributed by atoms with van der Waals surface area (Å²) in [6.07, 6.45) is 15.1. The topological polar surface area (TPSA) is 253 Å². The van der Waals surface area contributed by atoms with E-state index in [0.717, 1.165) is 96.5 Å². The molecule has 23 heteroatoms. The van der Waals surface area contributed by atoms with Crippen molar-refractivity contribution < 1.29 is 55.1 Å². The van der Waals surface area contributed by atoms with E-state index < -0.39 is 26.1 Å². The molecule has 21 nitrogen and oxygen atoms in total. The number of hydrogen-bond acceptors (Lipinski definition) is 12. The number of nitrogens with zero attached hydrogens (tertiary/aromatic N) is 6. The molecule has 0 spiro atoms. The minimum Gasteiger partial charge on any atom is -0.445 e. The second-order valence-electron chi connectivity index (χ2n) is 23.1. The van der Waals surface area contributed by atoms with E-state index in [1.165, 1.54) is 48.3 Å². The predicted octanol–water partition coefficient (Wildman–Crippen LogP) is 2.64. The first kappa shape index (κ1) is 58.5. The maximum absolute atomic E-state index is 13.3. The molecule has 3 N–H and O–H groups in total. The summed E-state index contributed by atoms with van der Waals surface area (Å²) < 4.78 is 54.9. The maximum atomic E-state index is 13.3. The summed E-state index contributed by atoms with van der Waals surface area (Å²) in [5.41, 5.74) is 0.665. The molecule has 0 unspecified atom stereocenters. The van der Waals surface area contributed by atoms with E-state index in [9.17, 15) is 50.4 Å². The van der Waals surface area contributed by atoms with Crippen molar-refractivity contribution in [3.63, 3.8) is 0 Å². The maximum Gasteiger partial charge on any atom is 0.410 e. The Balaban J connectivity index is 0.000000155. The van der Waals surface area contributed by atoms with Crippen molar-refractivity contribution in [1.82, 2.24) is 44.2 Å². The van der Waals surface area contributed by atoms with Crippen molar-refractivity contribution in [3.05, 3.63) is 72.5 Å². The molecule has 3 heterocycles. The lowest BCUT2D eigenvalue weighted by atomic mass is 9.49. The number of hydrogen-bond donors (Lipinski definition) is 3. The monoisotopic (exact) mass is 1120 g/mol. The highest BCUT2D eigenvalue weighted by atomic mass is 32.2. The highest BCUT2D eigenvalue weighted by Crippen LogP contribution is 2.62. The first-order valence-corrected chi connectivity index (χ1v) is 30.8. The molecule has 428 valence electrons. The van der Waals surface area contributed by atoms with Gasteiger partial charge in [0.2, 0.25) is 55.5 Å². The van der Waals surface area contributed by atoms with Crippen molar-refractivity contribution >= 4 is 61.6 Å². The van der Waals surface area contributed by atoms with Crippen LogP contribution in [0.3, 0.4) is 0 Å². The van der Waals surface area contributed by atoms with Crippen LogP contribution in [0.15, 0.2) is 67.0 Å². The van der Waals surface area contributed by atoms with Crippen LogP contribution in [0, 0.1) is 46.3 Å². The molecule has 3 aliphatic heterocycles. The Morgan fingerprint density at radius 1 is 0.487 bits per heavy atom. The zero-order valence-electron chi connectivity index (χ0n) is 44.9. The van der Waals surface area contributed by atoms with Gasteiger partial charge in [-0.25, -0.2) is 31.1 Å². The SMILES string of the molecule is C=CC(=O)NCC(=O)N1CCN(C(=O)C23CC4CC(CC(C4)C2)C3)CC1.C=CS(=O)(=O)NCC(=O)N1CCN(C(=O)C23CC4CC(CC(C4)C2)C3)CC1.C=CS(=O)(=O)NCC(=O)N1CCN(C(=O)OCc2ccccc2)CC1. The van der Waals surface area contributed by atoms with Crippen LogP contribution in [0.25, 0.3) is 0 Å². The van der Waals surface area contributed by atoms with Gasteiger partial charge in [0.25, 0.3) is 0 Å². The average Bonchev–Trinajstić information content (AvgIpc) is 3.60. The van der Waals surface area contributed by atoms with Crippen LogP contribution in [-0.4, -0.2) is 186 Å². The van der Waals surface area contributed by atoms with Gasteiger partial charge in [-0.2, -0.15) is 0 Å². The number of nitrogens with one attached hydrogen (secondary N) is 3. The number of benzene rings is 1. The fourth-order valence-corrected chi connectivity index (χ4v) is 15.6. The third-order valence-electron chi connectivity index (χ3n) is 17.8. The summed E-state index contributed by atoms with van der Waals surface area (Å²) in [7, 11) is -7.23. The number of carbonyl (C=O) groups excluding carboxylic acids is 7. The van der Waals surface area contributed by atoms with Gasteiger partial charge in [-0.3, -0.25) is 28.8 Å². The van der Waals surface area contributed by atoms with Crippen LogP contribution in [0.1, 0.15) is 82.6 Å². The van der Waals surface area contributed by atoms with E-state index >= 15 is 0 Å². The number of ether oxygens (including phenoxy) is 1. The number of sulfonamides is 2. The molecule has 0 atom stereocenters. The number of piperazine rings is 3. The third kappa shape index (κ3) is 14.6. The highest BCUT2D eigenvalue weighted by Gasteiger charge is 2.57. The molecule has 7 amide bonds. The molecule has 11 aliphatic rings. The van der Waals surface area contributed by atoms with E-state index in [1.807, 2.05) is 40.1 Å². The fourth-order valence-electron chi connectivity index (χ4n) is 14.7. The quantitative estimate of drug-likeness (QED) is 0.215. The third-order valence-corrected chi connectivity index (χ3v) is 19.8. The van der Waals surface area contributed by atoms with Gasteiger partial charge in [0, 0.05) is 89.4 Å². The van der Waals surface area contributed by atoms with Crippen molar-refractivity contribution in [2.24, 2.45) is 46.3 Å². The molecule has 8 bridgehead atoms. The smallest absolute Gasteiger partial charge is 0.410 e. The Hall–Kier alpha value is -5.65. The summed E-state index contributed by atoms with van der Waals surface area (Å²) in [6.45, 7) is 15.0. The van der Waals surface area contributed by atoms with Crippen molar-refractivity contribution in [2.75, 3.05) is 98.2 Å². The number of rotatable bonds is 15. The van der Waals surface area contributed by atoms with Gasteiger partial charge in [-0.1, -0.05) is 50.1 Å². The molecule has 3 saturated heterocycles. The van der Waals surface area contributed by atoms with E-state index in [4.69, 9.17) is 4.74 Å². The van der Waals surface area contributed by atoms with E-state index in [2.05, 4.69) is 34.5 Å². The van der Waals surface area contributed by atoms with Gasteiger partial charge in [-0.05, 0) is 124 Å². The Bertz CT molecular complexity index is 2570. The lowest BCUT2D eigenvalue weighted by Gasteiger charge is -2.57. The van der Waals surface area contributed by atoms with Crippen LogP contribution in [0.4, 0.5) is 4.79 Å². The standard InChI is InChI=1S/C20H29N3O3.C19H29N3O4S.C16H21N3O5S/c1-2-17(24)21-13-18(25)22-3-5-23(6-4-22)19(26)20-10-14-7-15(11-20)9-16(8-14)12-20;1-2-27(25,26)20-13-17(23)21-3-5-22(6-4-21)18(24)19-10-14-7-15(11-19)9-16(8-14)12-19;1-2-25(22,23)17-12-15(20)18-8-10-19(11-9-18)16(21)24-13-14-6-4-3-5-7-14/h2,14-16H,1,3-13H2,(H,21,24);2,14-16,20H,1,3-13H2;2-7,17H,1,8-13H2. The molecule has 0 aromatic heterocycles. The molecular formula is C55H79N9O12S2. The van der Waals surface area contributed by atoms with Crippen LogP contribution in [-0.2, 0) is 60.2 Å². The Kier molecular flexibility index (Phi) is 18.9. The molecule has 11 fully saturated rings. The van der Waals surface area contributed by atoms with Gasteiger partial charge in [-0.15, -0.1) is 0 Å². The molecule has 0 radical (unpaired) electrons. The summed E-state index contributed by atoms with van der Waals surface area (Å²) in [5, 5.41) is 4.07. The van der Waals surface area contributed by atoms with E-state index in [0.29, 0.717) is 90.4 Å². The molecule has 1 aromatic rings. The van der Waals surface area contributed by atoms with E-state index in [1.54, 1.807) is 9.80 Å². The zero-order valence-corrected chi connectivity index (χ0v) is 46.5. The van der Waals surface area contributed by atoms with Crippen molar-refractivity contribution in [3.8, 4) is 0 Å². The molecular weight excluding hydrogens is 1040 g/mol. The highest BCUT2D eigenvalue weighted by molar-refractivity contribution is 7.92. The second-order valence-corrected chi connectivity index (χ2v) is 26.6. The summed E-state index contributed by atoms with van der Waals surface area (Å²) >= 11 is 0. The average molecular weight is 1120 g/mol. The van der Waals surface area contributed by atoms with Crippen LogP contribution < -0.4 is 14.8 Å². The molecule has 8 aliphatic carbocycles. The summed E-state index contributed by atoms with van der Waals surface area (Å²) in [6, 6.07) is 9.36. The Morgan fingerprint density at radius 3 is 1.14 bits per heavy atom. The van der Waals surface area contributed by atoms with Crippen LogP contribution in [0.2, 0.25) is 0 Å². The fraction of sp³-hybridized carbons (Fsp3) is 0.655. The van der Waals surface area contributed by atoms with Gasteiger partial charge >= 0.3 is 6.09 Å². The summed E-state index contributed by atoms with van der Waals surface area (Å²) in [4.78, 5) is 96.7. The first-order valence-electron chi connectivity index (χ1n) is 27.7.